The third kappa shape index (κ3) is 5.31. The third-order valence-corrected chi connectivity index (χ3v) is 1.14. The topological polar surface area (TPSA) is 57.5 Å². The van der Waals surface area contributed by atoms with E-state index < -0.39 is 12.1 Å². The monoisotopic (exact) mass is 144 g/mol. The van der Waals surface area contributed by atoms with Crippen LogP contribution in [-0.2, 0) is 4.79 Å². The summed E-state index contributed by atoms with van der Waals surface area (Å²) < 4.78 is 0. The van der Waals surface area contributed by atoms with Crippen LogP contribution in [0.3, 0.4) is 0 Å². The Morgan fingerprint density at radius 3 is 2.70 bits per heavy atom. The molecule has 58 valence electrons. The van der Waals surface area contributed by atoms with Gasteiger partial charge in [0.25, 0.3) is 0 Å². The lowest BCUT2D eigenvalue weighted by atomic mass is 10.2. The fourth-order valence-electron chi connectivity index (χ4n) is 0.493. The summed E-state index contributed by atoms with van der Waals surface area (Å²) in [6.45, 7) is 1.85. The first kappa shape index (κ1) is 9.17. The van der Waals surface area contributed by atoms with E-state index in [0.29, 0.717) is 12.8 Å². The highest BCUT2D eigenvalue weighted by molar-refractivity contribution is 5.79. The number of hydrogen-bond donors (Lipinski definition) is 2. The molecule has 3 nitrogen and oxygen atoms in total. The lowest BCUT2D eigenvalue weighted by Crippen LogP contribution is -2.01. The van der Waals surface area contributed by atoms with Crippen LogP contribution in [0.5, 0.6) is 0 Å². The van der Waals surface area contributed by atoms with E-state index in [9.17, 15) is 4.79 Å². The van der Waals surface area contributed by atoms with E-state index in [1.807, 2.05) is 6.92 Å². The Morgan fingerprint density at radius 2 is 2.30 bits per heavy atom. The second-order valence-corrected chi connectivity index (χ2v) is 2.04. The first-order chi connectivity index (χ1) is 4.66. The number of aliphatic carboxylic acids is 1. The van der Waals surface area contributed by atoms with E-state index in [4.69, 9.17) is 10.2 Å². The van der Waals surface area contributed by atoms with Crippen LogP contribution in [0.1, 0.15) is 19.8 Å². The normalized spacial score (nSPS) is 13.8. The molecule has 1 atom stereocenters. The van der Waals surface area contributed by atoms with Crippen LogP contribution in [0, 0.1) is 0 Å². The standard InChI is InChI=1S/C7H12O3/c1-2-6(8)4-3-5-7(9)10/h3,5-6,8H,2,4H2,1H3,(H,9,10)/b5-3+. The lowest BCUT2D eigenvalue weighted by molar-refractivity contribution is -0.131. The van der Waals surface area contributed by atoms with Gasteiger partial charge in [0.2, 0.25) is 0 Å². The Bertz CT molecular complexity index is 129. The molecule has 0 aromatic carbocycles. The van der Waals surface area contributed by atoms with Gasteiger partial charge in [-0.15, -0.1) is 0 Å². The first-order valence-corrected chi connectivity index (χ1v) is 3.24. The summed E-state index contributed by atoms with van der Waals surface area (Å²) in [6.07, 6.45) is 3.16. The zero-order chi connectivity index (χ0) is 7.98. The molecule has 10 heavy (non-hydrogen) atoms. The summed E-state index contributed by atoms with van der Waals surface area (Å²) in [5.41, 5.74) is 0. The molecule has 0 fully saturated rings. The Kier molecular flexibility index (Phi) is 4.58. The second kappa shape index (κ2) is 4.99. The molecule has 2 N–H and O–H groups in total. The maximum absolute atomic E-state index is 9.90. The number of rotatable bonds is 4. The van der Waals surface area contributed by atoms with Crippen molar-refractivity contribution in [2.24, 2.45) is 0 Å². The van der Waals surface area contributed by atoms with Crippen molar-refractivity contribution in [2.75, 3.05) is 0 Å². The van der Waals surface area contributed by atoms with Gasteiger partial charge in [-0.25, -0.2) is 4.79 Å². The van der Waals surface area contributed by atoms with Crippen LogP contribution in [-0.4, -0.2) is 22.3 Å². The zero-order valence-electron chi connectivity index (χ0n) is 5.95. The molecule has 1 unspecified atom stereocenters. The van der Waals surface area contributed by atoms with Crippen molar-refractivity contribution in [3.63, 3.8) is 0 Å². The smallest absolute Gasteiger partial charge is 0.327 e. The summed E-state index contributed by atoms with van der Waals surface area (Å²) in [4.78, 5) is 9.90. The average molecular weight is 144 g/mol. The van der Waals surface area contributed by atoms with Gasteiger partial charge in [-0.3, -0.25) is 0 Å². The maximum Gasteiger partial charge on any atom is 0.327 e. The molecule has 0 rings (SSSR count). The number of carboxylic acids is 1. The molecule has 0 aromatic rings. The van der Waals surface area contributed by atoms with Crippen molar-refractivity contribution >= 4 is 5.97 Å². The predicted octanol–water partition coefficient (Wildman–Crippen LogP) is 0.788. The Labute approximate surface area is 60.0 Å². The van der Waals surface area contributed by atoms with Gasteiger partial charge in [0.1, 0.15) is 0 Å². The number of aliphatic hydroxyl groups is 1. The SMILES string of the molecule is CCC(O)C/C=C/C(=O)O. The molecule has 0 aromatic heterocycles. The van der Waals surface area contributed by atoms with Crippen molar-refractivity contribution in [3.05, 3.63) is 12.2 Å². The van der Waals surface area contributed by atoms with Crippen LogP contribution < -0.4 is 0 Å². The number of carboxylic acid groups (broad SMARTS) is 1. The highest BCUT2D eigenvalue weighted by atomic mass is 16.4. The molecule has 0 aliphatic heterocycles. The number of aliphatic hydroxyl groups excluding tert-OH is 1. The van der Waals surface area contributed by atoms with Gasteiger partial charge >= 0.3 is 5.97 Å². The van der Waals surface area contributed by atoms with E-state index in [1.54, 1.807) is 0 Å². The van der Waals surface area contributed by atoms with E-state index in [-0.39, 0.29) is 0 Å². The van der Waals surface area contributed by atoms with Gasteiger partial charge in [0.05, 0.1) is 6.10 Å². The van der Waals surface area contributed by atoms with Crippen molar-refractivity contribution in [3.8, 4) is 0 Å². The molecule has 0 amide bonds. The van der Waals surface area contributed by atoms with Gasteiger partial charge in [0, 0.05) is 6.08 Å². The van der Waals surface area contributed by atoms with Gasteiger partial charge in [-0.1, -0.05) is 13.0 Å². The molecule has 0 aliphatic carbocycles. The largest absolute Gasteiger partial charge is 0.478 e. The molecule has 0 saturated heterocycles. The molecule has 0 heterocycles. The predicted molar refractivity (Wildman–Crippen MR) is 37.7 cm³/mol. The van der Waals surface area contributed by atoms with Gasteiger partial charge in [0.15, 0.2) is 0 Å². The summed E-state index contributed by atoms with van der Waals surface area (Å²) in [6, 6.07) is 0. The van der Waals surface area contributed by atoms with Crippen molar-refractivity contribution in [1.29, 1.82) is 0 Å². The van der Waals surface area contributed by atoms with Crippen molar-refractivity contribution < 1.29 is 15.0 Å². The molecule has 0 radical (unpaired) electrons. The van der Waals surface area contributed by atoms with E-state index in [0.717, 1.165) is 6.08 Å². The van der Waals surface area contributed by atoms with E-state index in [2.05, 4.69) is 0 Å². The second-order valence-electron chi connectivity index (χ2n) is 2.04. The van der Waals surface area contributed by atoms with Crippen LogP contribution in [0.2, 0.25) is 0 Å². The summed E-state index contributed by atoms with van der Waals surface area (Å²) in [7, 11) is 0. The molecular formula is C7H12O3. The Hall–Kier alpha value is -0.830. The molecule has 0 aliphatic rings. The highest BCUT2D eigenvalue weighted by Crippen LogP contribution is 1.96. The zero-order valence-corrected chi connectivity index (χ0v) is 5.95. The minimum absolute atomic E-state index is 0.407. The molecule has 0 saturated carbocycles. The summed E-state index contributed by atoms with van der Waals surface area (Å²) in [5, 5.41) is 17.1. The van der Waals surface area contributed by atoms with Crippen LogP contribution in [0.25, 0.3) is 0 Å². The van der Waals surface area contributed by atoms with Crippen LogP contribution in [0.15, 0.2) is 12.2 Å². The van der Waals surface area contributed by atoms with Gasteiger partial charge < -0.3 is 10.2 Å². The molecule has 0 bridgehead atoms. The fraction of sp³-hybridized carbons (Fsp3) is 0.571. The van der Waals surface area contributed by atoms with E-state index in [1.165, 1.54) is 6.08 Å². The fourth-order valence-corrected chi connectivity index (χ4v) is 0.493. The lowest BCUT2D eigenvalue weighted by Gasteiger charge is -2.00. The highest BCUT2D eigenvalue weighted by Gasteiger charge is 1.95. The minimum atomic E-state index is -0.969. The summed E-state index contributed by atoms with van der Waals surface area (Å²) >= 11 is 0. The van der Waals surface area contributed by atoms with E-state index >= 15 is 0 Å². The Morgan fingerprint density at radius 1 is 1.70 bits per heavy atom. The van der Waals surface area contributed by atoms with Crippen molar-refractivity contribution in [2.45, 2.75) is 25.9 Å². The molecular weight excluding hydrogens is 132 g/mol. The number of carbonyl (C=O) groups is 1. The quantitative estimate of drug-likeness (QED) is 0.573. The summed E-state index contributed by atoms with van der Waals surface area (Å²) in [5.74, 6) is -0.969. The molecule has 3 heteroatoms. The van der Waals surface area contributed by atoms with Gasteiger partial charge in [-0.05, 0) is 12.8 Å². The minimum Gasteiger partial charge on any atom is -0.478 e. The third-order valence-electron chi connectivity index (χ3n) is 1.14. The maximum atomic E-state index is 9.90. The van der Waals surface area contributed by atoms with Crippen LogP contribution in [0.4, 0.5) is 0 Å². The molecule has 0 spiro atoms. The van der Waals surface area contributed by atoms with Gasteiger partial charge in [-0.2, -0.15) is 0 Å². The Balaban J connectivity index is 3.43. The number of hydrogen-bond acceptors (Lipinski definition) is 2. The average Bonchev–Trinajstić information content (AvgIpc) is 1.87. The van der Waals surface area contributed by atoms with Crippen LogP contribution >= 0.6 is 0 Å². The first-order valence-electron chi connectivity index (χ1n) is 3.24. The van der Waals surface area contributed by atoms with Crippen molar-refractivity contribution in [1.82, 2.24) is 0 Å².